The highest BCUT2D eigenvalue weighted by Gasteiger charge is 2.18. The predicted octanol–water partition coefficient (Wildman–Crippen LogP) is 0.746. The van der Waals surface area contributed by atoms with Gasteiger partial charge in [-0.2, -0.15) is 0 Å². The van der Waals surface area contributed by atoms with Gasteiger partial charge in [-0.3, -0.25) is 0 Å². The van der Waals surface area contributed by atoms with Crippen molar-refractivity contribution in [2.24, 2.45) is 0 Å². The number of hydrogen-bond donors (Lipinski definition) is 0. The first-order valence-electron chi connectivity index (χ1n) is 5.30. The molecule has 0 bridgehead atoms. The SMILES string of the molecule is O=C(Oc1ccccc1)C(=O)Oc1ccccc1.[SiH4]. The zero-order valence-corrected chi connectivity index (χ0v) is 9.41. The Morgan fingerprint density at radius 1 is 0.632 bits per heavy atom. The molecule has 2 rings (SSSR count). The van der Waals surface area contributed by atoms with Crippen molar-refractivity contribution in [3.63, 3.8) is 0 Å². The van der Waals surface area contributed by atoms with Crippen LogP contribution in [0.5, 0.6) is 11.5 Å². The highest BCUT2D eigenvalue weighted by Crippen LogP contribution is 2.11. The van der Waals surface area contributed by atoms with Gasteiger partial charge in [0.2, 0.25) is 0 Å². The lowest BCUT2D eigenvalue weighted by Crippen LogP contribution is -2.25. The lowest BCUT2D eigenvalue weighted by Gasteiger charge is -2.04. The van der Waals surface area contributed by atoms with Gasteiger partial charge in [0.25, 0.3) is 0 Å². The van der Waals surface area contributed by atoms with Crippen LogP contribution in [0.25, 0.3) is 0 Å². The fraction of sp³-hybridized carbons (Fsp3) is 0. The topological polar surface area (TPSA) is 52.6 Å². The van der Waals surface area contributed by atoms with Crippen molar-refractivity contribution in [1.82, 2.24) is 0 Å². The van der Waals surface area contributed by atoms with Gasteiger partial charge in [0.05, 0.1) is 0 Å². The van der Waals surface area contributed by atoms with Crippen LogP contribution in [0.4, 0.5) is 0 Å². The molecule has 19 heavy (non-hydrogen) atoms. The standard InChI is InChI=1S/C14H10O4.H4Si/c15-13(17-11-7-3-1-4-8-11)14(16)18-12-9-5-2-6-10-12;/h1-10H;1H4. The van der Waals surface area contributed by atoms with E-state index in [-0.39, 0.29) is 11.0 Å². The van der Waals surface area contributed by atoms with Crippen LogP contribution in [0.1, 0.15) is 0 Å². The number of ether oxygens (including phenoxy) is 2. The second-order valence-electron chi connectivity index (χ2n) is 3.41. The fourth-order valence-electron chi connectivity index (χ4n) is 1.27. The van der Waals surface area contributed by atoms with Crippen molar-refractivity contribution in [2.45, 2.75) is 0 Å². The van der Waals surface area contributed by atoms with E-state index in [1.54, 1.807) is 60.7 Å². The monoisotopic (exact) mass is 274 g/mol. The summed E-state index contributed by atoms with van der Waals surface area (Å²) in [5, 5.41) is 0. The van der Waals surface area contributed by atoms with Crippen molar-refractivity contribution in [2.75, 3.05) is 0 Å². The van der Waals surface area contributed by atoms with Crippen molar-refractivity contribution >= 4 is 22.9 Å². The molecule has 98 valence electrons. The molecule has 0 fully saturated rings. The Bertz CT molecular complexity index is 488. The average Bonchev–Trinajstić information content (AvgIpc) is 2.41. The van der Waals surface area contributed by atoms with E-state index in [1.165, 1.54) is 0 Å². The highest BCUT2D eigenvalue weighted by molar-refractivity contribution is 6.31. The van der Waals surface area contributed by atoms with Crippen LogP contribution in [0.2, 0.25) is 0 Å². The van der Waals surface area contributed by atoms with Crippen LogP contribution < -0.4 is 9.47 Å². The number of carbonyl (C=O) groups excluding carboxylic acids is 2. The van der Waals surface area contributed by atoms with E-state index in [2.05, 4.69) is 0 Å². The predicted molar refractivity (Wildman–Crippen MR) is 75.5 cm³/mol. The maximum absolute atomic E-state index is 11.4. The van der Waals surface area contributed by atoms with E-state index >= 15 is 0 Å². The molecule has 0 unspecified atom stereocenters. The van der Waals surface area contributed by atoms with Gasteiger partial charge in [0.1, 0.15) is 11.5 Å². The molecular formula is C14H14O4Si. The number of para-hydroxylation sites is 2. The van der Waals surface area contributed by atoms with Gasteiger partial charge in [0.15, 0.2) is 0 Å². The molecule has 0 saturated heterocycles. The lowest BCUT2D eigenvalue weighted by atomic mass is 10.3. The molecule has 0 N–H and O–H groups in total. The molecule has 0 aliphatic carbocycles. The third kappa shape index (κ3) is 4.40. The first-order valence-corrected chi connectivity index (χ1v) is 5.30. The number of rotatable bonds is 2. The van der Waals surface area contributed by atoms with Crippen LogP contribution in [0, 0.1) is 0 Å². The summed E-state index contributed by atoms with van der Waals surface area (Å²) in [6.07, 6.45) is 0. The van der Waals surface area contributed by atoms with Gasteiger partial charge in [-0.05, 0) is 35.2 Å². The molecule has 5 heteroatoms. The van der Waals surface area contributed by atoms with E-state index in [4.69, 9.17) is 9.47 Å². The minimum atomic E-state index is -1.05. The largest absolute Gasteiger partial charge is 0.423 e. The van der Waals surface area contributed by atoms with Crippen molar-refractivity contribution < 1.29 is 19.1 Å². The Balaban J connectivity index is 0.00000180. The molecule has 0 heterocycles. The van der Waals surface area contributed by atoms with Crippen LogP contribution in [0.15, 0.2) is 60.7 Å². The summed E-state index contributed by atoms with van der Waals surface area (Å²) in [5.74, 6) is -1.50. The Kier molecular flexibility index (Phi) is 5.50. The van der Waals surface area contributed by atoms with Gasteiger partial charge in [-0.15, -0.1) is 0 Å². The van der Waals surface area contributed by atoms with Crippen LogP contribution >= 0.6 is 0 Å². The van der Waals surface area contributed by atoms with Gasteiger partial charge < -0.3 is 9.47 Å². The van der Waals surface area contributed by atoms with Crippen LogP contribution in [-0.2, 0) is 9.59 Å². The summed E-state index contributed by atoms with van der Waals surface area (Å²) < 4.78 is 9.67. The van der Waals surface area contributed by atoms with Gasteiger partial charge >= 0.3 is 11.9 Å². The number of hydrogen-bond acceptors (Lipinski definition) is 4. The smallest absolute Gasteiger partial charge is 0.418 e. The average molecular weight is 274 g/mol. The van der Waals surface area contributed by atoms with Gasteiger partial charge in [0, 0.05) is 0 Å². The molecule has 0 aliphatic heterocycles. The van der Waals surface area contributed by atoms with Crippen molar-refractivity contribution in [3.8, 4) is 11.5 Å². The third-order valence-electron chi connectivity index (χ3n) is 2.07. The van der Waals surface area contributed by atoms with Crippen molar-refractivity contribution in [1.29, 1.82) is 0 Å². The Hall–Kier alpha value is -2.40. The first kappa shape index (κ1) is 14.7. The molecule has 0 spiro atoms. The van der Waals surface area contributed by atoms with Crippen molar-refractivity contribution in [3.05, 3.63) is 60.7 Å². The van der Waals surface area contributed by atoms with Gasteiger partial charge in [-0.1, -0.05) is 36.4 Å². The quantitative estimate of drug-likeness (QED) is 0.351. The molecule has 0 aromatic heterocycles. The van der Waals surface area contributed by atoms with E-state index in [9.17, 15) is 9.59 Å². The molecule has 4 nitrogen and oxygen atoms in total. The maximum Gasteiger partial charge on any atom is 0.423 e. The summed E-state index contributed by atoms with van der Waals surface area (Å²) >= 11 is 0. The molecule has 2 aromatic rings. The third-order valence-corrected chi connectivity index (χ3v) is 2.07. The van der Waals surface area contributed by atoms with E-state index < -0.39 is 11.9 Å². The minimum Gasteiger partial charge on any atom is -0.418 e. The molecule has 0 aliphatic rings. The fourth-order valence-corrected chi connectivity index (χ4v) is 1.27. The zero-order chi connectivity index (χ0) is 12.8. The highest BCUT2D eigenvalue weighted by atomic mass is 28.1. The Morgan fingerprint density at radius 2 is 0.947 bits per heavy atom. The second-order valence-corrected chi connectivity index (χ2v) is 3.41. The molecular weight excluding hydrogens is 260 g/mol. The van der Waals surface area contributed by atoms with E-state index in [0.29, 0.717) is 11.5 Å². The summed E-state index contributed by atoms with van der Waals surface area (Å²) in [7, 11) is 0. The number of carbonyl (C=O) groups is 2. The number of esters is 2. The van der Waals surface area contributed by atoms with Crippen LogP contribution in [-0.4, -0.2) is 22.9 Å². The lowest BCUT2D eigenvalue weighted by molar-refractivity contribution is -0.156. The zero-order valence-electron chi connectivity index (χ0n) is 9.41. The normalized spacial score (nSPS) is 9.05. The first-order chi connectivity index (χ1) is 8.75. The molecule has 0 amide bonds. The van der Waals surface area contributed by atoms with E-state index in [1.807, 2.05) is 0 Å². The van der Waals surface area contributed by atoms with Gasteiger partial charge in [-0.25, -0.2) is 9.59 Å². The van der Waals surface area contributed by atoms with E-state index in [0.717, 1.165) is 0 Å². The summed E-state index contributed by atoms with van der Waals surface area (Å²) in [6, 6.07) is 16.7. The number of benzene rings is 2. The second kappa shape index (κ2) is 7.12. The molecule has 2 aromatic carbocycles. The summed E-state index contributed by atoms with van der Waals surface area (Å²) in [5.41, 5.74) is 0. The Labute approximate surface area is 115 Å². The minimum absolute atomic E-state index is 0. The van der Waals surface area contributed by atoms with Crippen LogP contribution in [0.3, 0.4) is 0 Å². The summed E-state index contributed by atoms with van der Waals surface area (Å²) in [6.45, 7) is 0. The maximum atomic E-state index is 11.4. The summed E-state index contributed by atoms with van der Waals surface area (Å²) in [4.78, 5) is 22.8. The molecule has 0 radical (unpaired) electrons. The molecule has 0 saturated carbocycles. The Morgan fingerprint density at radius 3 is 1.26 bits per heavy atom. The molecule has 0 atom stereocenters.